The molecule has 0 spiro atoms. The molecule has 4 aromatic rings. The summed E-state index contributed by atoms with van der Waals surface area (Å²) < 4.78 is 59.1. The lowest BCUT2D eigenvalue weighted by Gasteiger charge is -2.19. The predicted octanol–water partition coefficient (Wildman–Crippen LogP) is 7.24. The smallest absolute Gasteiger partial charge is 0.195 e. The van der Waals surface area contributed by atoms with E-state index in [1.807, 2.05) is 0 Å². The highest BCUT2D eigenvalue weighted by atomic mass is 19.2. The number of halogens is 4. The van der Waals surface area contributed by atoms with Gasteiger partial charge in [-0.05, 0) is 17.2 Å². The monoisotopic (exact) mass is 378 g/mol. The molecule has 0 N–H and O–H groups in total. The summed E-state index contributed by atoms with van der Waals surface area (Å²) in [7, 11) is 0. The highest BCUT2D eigenvalue weighted by molar-refractivity contribution is 5.95. The van der Waals surface area contributed by atoms with Crippen molar-refractivity contribution < 1.29 is 17.6 Å². The average Bonchev–Trinajstić information content (AvgIpc) is 2.74. The summed E-state index contributed by atoms with van der Waals surface area (Å²) in [6.45, 7) is 0. The first-order chi connectivity index (χ1) is 13.6. The van der Waals surface area contributed by atoms with E-state index in [9.17, 15) is 17.6 Å². The molecule has 0 unspecified atom stereocenters. The molecule has 138 valence electrons. The van der Waals surface area contributed by atoms with Gasteiger partial charge in [0, 0.05) is 22.3 Å². The van der Waals surface area contributed by atoms with Crippen molar-refractivity contribution in [3.63, 3.8) is 0 Å². The van der Waals surface area contributed by atoms with Crippen LogP contribution in [0.2, 0.25) is 0 Å². The minimum atomic E-state index is -1.63. The van der Waals surface area contributed by atoms with Crippen LogP contribution in [-0.2, 0) is 0 Å². The van der Waals surface area contributed by atoms with Crippen LogP contribution in [-0.4, -0.2) is 0 Å². The zero-order chi connectivity index (χ0) is 19.7. The third-order valence-corrected chi connectivity index (χ3v) is 4.59. The molecule has 0 heterocycles. The second kappa shape index (κ2) is 7.31. The topological polar surface area (TPSA) is 0 Å². The van der Waals surface area contributed by atoms with Crippen LogP contribution in [0.1, 0.15) is 0 Å². The first kappa shape index (κ1) is 18.0. The van der Waals surface area contributed by atoms with Crippen molar-refractivity contribution in [1.82, 2.24) is 0 Å². The zero-order valence-electron chi connectivity index (χ0n) is 14.6. The molecule has 28 heavy (non-hydrogen) atoms. The molecule has 0 nitrogen and oxygen atoms in total. The van der Waals surface area contributed by atoms with Crippen molar-refractivity contribution in [2.45, 2.75) is 0 Å². The fourth-order valence-corrected chi connectivity index (χ4v) is 3.35. The molecule has 0 saturated carbocycles. The zero-order valence-corrected chi connectivity index (χ0v) is 14.6. The summed E-state index contributed by atoms with van der Waals surface area (Å²) >= 11 is 0. The molecule has 0 atom stereocenters. The maximum atomic E-state index is 15.0. The normalized spacial score (nSPS) is 10.9. The van der Waals surface area contributed by atoms with Gasteiger partial charge in [-0.15, -0.1) is 0 Å². The largest absolute Gasteiger partial charge is 0.206 e. The molecule has 0 saturated heterocycles. The Morgan fingerprint density at radius 1 is 0.393 bits per heavy atom. The fraction of sp³-hybridized carbons (Fsp3) is 0. The second-order valence-electron chi connectivity index (χ2n) is 6.28. The summed E-state index contributed by atoms with van der Waals surface area (Å²) in [5.74, 6) is -5.07. The lowest BCUT2D eigenvalue weighted by atomic mass is 9.86. The Hall–Kier alpha value is -3.40. The van der Waals surface area contributed by atoms with Crippen LogP contribution in [0.15, 0.2) is 84.9 Å². The van der Waals surface area contributed by atoms with Crippen LogP contribution in [0.5, 0.6) is 0 Å². The van der Waals surface area contributed by atoms with Crippen molar-refractivity contribution in [2.75, 3.05) is 0 Å². The van der Waals surface area contributed by atoms with Crippen molar-refractivity contribution in [1.29, 1.82) is 0 Å². The third-order valence-electron chi connectivity index (χ3n) is 4.59. The van der Waals surface area contributed by atoms with Crippen molar-refractivity contribution in [3.8, 4) is 33.4 Å². The Labute approximate surface area is 159 Å². The molecule has 4 heteroatoms. The van der Waals surface area contributed by atoms with Gasteiger partial charge in [0.25, 0.3) is 0 Å². The molecular formula is C24H14F4. The van der Waals surface area contributed by atoms with E-state index in [0.717, 1.165) is 6.07 Å². The summed E-state index contributed by atoms with van der Waals surface area (Å²) in [5, 5.41) is 0. The van der Waals surface area contributed by atoms with Gasteiger partial charge in [0.2, 0.25) is 0 Å². The molecule has 0 aliphatic rings. The van der Waals surface area contributed by atoms with Gasteiger partial charge in [-0.1, -0.05) is 78.9 Å². The van der Waals surface area contributed by atoms with E-state index in [0.29, 0.717) is 11.1 Å². The number of rotatable bonds is 3. The van der Waals surface area contributed by atoms with Crippen LogP contribution < -0.4 is 0 Å². The molecule has 0 bridgehead atoms. The van der Waals surface area contributed by atoms with Gasteiger partial charge in [0.05, 0.1) is 0 Å². The molecule has 0 fully saturated rings. The molecular weight excluding hydrogens is 364 g/mol. The fourth-order valence-electron chi connectivity index (χ4n) is 3.35. The summed E-state index contributed by atoms with van der Waals surface area (Å²) in [4.78, 5) is 0. The lowest BCUT2D eigenvalue weighted by Crippen LogP contribution is -2.03. The first-order valence-electron chi connectivity index (χ1n) is 8.65. The molecule has 4 rings (SSSR count). The minimum Gasteiger partial charge on any atom is -0.206 e. The molecule has 0 amide bonds. The molecule has 4 aromatic carbocycles. The van der Waals surface area contributed by atoms with Gasteiger partial charge in [0.1, 0.15) is 5.82 Å². The van der Waals surface area contributed by atoms with E-state index >= 15 is 0 Å². The van der Waals surface area contributed by atoms with Crippen molar-refractivity contribution >= 4 is 0 Å². The standard InChI is InChI=1S/C24H14F4/c25-18-14-8-7-13-17(18)21-19(15-9-3-1-4-10-15)20(16-11-5-2-6-12-16)22(26)24(28)23(21)27/h1-14H. The van der Waals surface area contributed by atoms with Crippen LogP contribution in [0.3, 0.4) is 0 Å². The molecule has 0 radical (unpaired) electrons. The average molecular weight is 378 g/mol. The molecule has 0 aromatic heterocycles. The quantitative estimate of drug-likeness (QED) is 0.260. The van der Waals surface area contributed by atoms with E-state index in [1.54, 1.807) is 60.7 Å². The Morgan fingerprint density at radius 2 is 0.857 bits per heavy atom. The predicted molar refractivity (Wildman–Crippen MR) is 103 cm³/mol. The van der Waals surface area contributed by atoms with E-state index in [2.05, 4.69) is 0 Å². The van der Waals surface area contributed by atoms with Gasteiger partial charge < -0.3 is 0 Å². The van der Waals surface area contributed by atoms with Crippen LogP contribution in [0, 0.1) is 23.3 Å². The number of benzene rings is 4. The third kappa shape index (κ3) is 2.97. The van der Waals surface area contributed by atoms with Crippen LogP contribution >= 0.6 is 0 Å². The van der Waals surface area contributed by atoms with E-state index in [4.69, 9.17) is 0 Å². The van der Waals surface area contributed by atoms with E-state index in [-0.39, 0.29) is 22.3 Å². The molecule has 0 aliphatic carbocycles. The van der Waals surface area contributed by atoms with Crippen LogP contribution in [0.25, 0.3) is 33.4 Å². The van der Waals surface area contributed by atoms with Crippen molar-refractivity contribution in [3.05, 3.63) is 108 Å². The summed E-state index contributed by atoms with van der Waals surface area (Å²) in [5.41, 5.74) is 0.391. The Bertz CT molecular complexity index is 1140. The van der Waals surface area contributed by atoms with Crippen LogP contribution in [0.4, 0.5) is 17.6 Å². The second-order valence-corrected chi connectivity index (χ2v) is 6.28. The Balaban J connectivity index is 2.21. The maximum Gasteiger partial charge on any atom is 0.195 e. The highest BCUT2D eigenvalue weighted by Gasteiger charge is 2.28. The molecule has 0 aliphatic heterocycles. The summed E-state index contributed by atoms with van der Waals surface area (Å²) in [6, 6.07) is 22.3. The van der Waals surface area contributed by atoms with Gasteiger partial charge in [-0.3, -0.25) is 0 Å². The number of hydrogen-bond acceptors (Lipinski definition) is 0. The minimum absolute atomic E-state index is 0.105. The van der Waals surface area contributed by atoms with Gasteiger partial charge >= 0.3 is 0 Å². The number of hydrogen-bond donors (Lipinski definition) is 0. The van der Waals surface area contributed by atoms with Gasteiger partial charge in [-0.2, -0.15) is 0 Å². The Kier molecular flexibility index (Phi) is 4.70. The van der Waals surface area contributed by atoms with E-state index in [1.165, 1.54) is 18.2 Å². The lowest BCUT2D eigenvalue weighted by molar-refractivity contribution is 0.451. The first-order valence-corrected chi connectivity index (χ1v) is 8.65. The van der Waals surface area contributed by atoms with Crippen molar-refractivity contribution in [2.24, 2.45) is 0 Å². The summed E-state index contributed by atoms with van der Waals surface area (Å²) in [6.07, 6.45) is 0. The van der Waals surface area contributed by atoms with Gasteiger partial charge in [0.15, 0.2) is 17.5 Å². The Morgan fingerprint density at radius 3 is 1.43 bits per heavy atom. The SMILES string of the molecule is Fc1ccccc1-c1c(F)c(F)c(F)c(-c2ccccc2)c1-c1ccccc1. The van der Waals surface area contributed by atoms with Gasteiger partial charge in [-0.25, -0.2) is 17.6 Å². The highest BCUT2D eigenvalue weighted by Crippen LogP contribution is 2.44. The maximum absolute atomic E-state index is 15.0. The van der Waals surface area contributed by atoms with E-state index < -0.39 is 23.3 Å².